The van der Waals surface area contributed by atoms with Crippen molar-refractivity contribution in [3.63, 3.8) is 0 Å². The predicted molar refractivity (Wildman–Crippen MR) is 91.2 cm³/mol. The summed E-state index contributed by atoms with van der Waals surface area (Å²) in [5, 5.41) is 2.92. The van der Waals surface area contributed by atoms with E-state index in [0.717, 1.165) is 37.2 Å². The Hall–Kier alpha value is -2.30. The molecule has 1 N–H and O–H groups in total. The first-order chi connectivity index (χ1) is 11.2. The van der Waals surface area contributed by atoms with E-state index in [1.54, 1.807) is 13.0 Å². The fourth-order valence-electron chi connectivity index (χ4n) is 2.51. The van der Waals surface area contributed by atoms with E-state index >= 15 is 0 Å². The highest BCUT2D eigenvalue weighted by molar-refractivity contribution is 5.90. The number of likely N-dealkylation sites (tertiary alicyclic amines) is 1. The highest BCUT2D eigenvalue weighted by Gasteiger charge is 2.15. The van der Waals surface area contributed by atoms with Crippen molar-refractivity contribution in [1.29, 1.82) is 0 Å². The van der Waals surface area contributed by atoms with Crippen molar-refractivity contribution >= 4 is 23.8 Å². The number of nitrogens with one attached hydrogen (secondary N) is 1. The van der Waals surface area contributed by atoms with Gasteiger partial charge in [-0.15, -0.1) is 0 Å². The van der Waals surface area contributed by atoms with Crippen LogP contribution in [-0.2, 0) is 9.53 Å². The lowest BCUT2D eigenvalue weighted by atomic mass is 10.2. The van der Waals surface area contributed by atoms with E-state index in [-0.39, 0.29) is 12.0 Å². The Morgan fingerprint density at radius 1 is 1.13 bits per heavy atom. The first-order valence-electron chi connectivity index (χ1n) is 8.20. The summed E-state index contributed by atoms with van der Waals surface area (Å²) in [5.41, 5.74) is 1.64. The molecule has 1 saturated heterocycles. The third kappa shape index (κ3) is 5.77. The molecule has 0 unspecified atom stereocenters. The number of hydrogen-bond acceptors (Lipinski definition) is 3. The SMILES string of the molecule is CCOC(=O)/C=C\c1ccc(NC(=O)N2CCCCCC2)cc1. The number of esters is 1. The summed E-state index contributed by atoms with van der Waals surface area (Å²) in [6.07, 6.45) is 7.64. The van der Waals surface area contributed by atoms with Crippen LogP contribution >= 0.6 is 0 Å². The molecule has 23 heavy (non-hydrogen) atoms. The lowest BCUT2D eigenvalue weighted by Crippen LogP contribution is -2.35. The predicted octanol–water partition coefficient (Wildman–Crippen LogP) is 3.67. The second-order valence-electron chi connectivity index (χ2n) is 5.54. The first kappa shape index (κ1) is 17.1. The molecule has 0 saturated carbocycles. The van der Waals surface area contributed by atoms with Gasteiger partial charge in [0.05, 0.1) is 6.61 Å². The van der Waals surface area contributed by atoms with Gasteiger partial charge in [-0.3, -0.25) is 0 Å². The highest BCUT2D eigenvalue weighted by Crippen LogP contribution is 2.14. The molecule has 1 aromatic rings. The van der Waals surface area contributed by atoms with Gasteiger partial charge in [0, 0.05) is 24.9 Å². The lowest BCUT2D eigenvalue weighted by Gasteiger charge is -2.20. The largest absolute Gasteiger partial charge is 0.463 e. The normalized spacial score (nSPS) is 15.3. The molecule has 0 radical (unpaired) electrons. The Labute approximate surface area is 137 Å². The van der Waals surface area contributed by atoms with E-state index in [1.807, 2.05) is 29.2 Å². The van der Waals surface area contributed by atoms with Crippen LogP contribution in [0, 0.1) is 0 Å². The van der Waals surface area contributed by atoms with Crippen molar-refractivity contribution in [3.8, 4) is 0 Å². The average Bonchev–Trinajstić information content (AvgIpc) is 2.84. The Morgan fingerprint density at radius 2 is 1.78 bits per heavy atom. The van der Waals surface area contributed by atoms with Gasteiger partial charge in [-0.2, -0.15) is 0 Å². The average molecular weight is 316 g/mol. The number of anilines is 1. The fourth-order valence-corrected chi connectivity index (χ4v) is 2.51. The van der Waals surface area contributed by atoms with Crippen LogP contribution in [0.2, 0.25) is 0 Å². The number of nitrogens with zero attached hydrogens (tertiary/aromatic N) is 1. The van der Waals surface area contributed by atoms with E-state index in [0.29, 0.717) is 6.61 Å². The number of carbonyl (C=O) groups excluding carboxylic acids is 2. The standard InChI is InChI=1S/C18H24N2O3/c1-2-23-17(21)12-9-15-7-10-16(11-8-15)19-18(22)20-13-5-3-4-6-14-20/h7-12H,2-6,13-14H2,1H3,(H,19,22)/b12-9-. The molecule has 5 heteroatoms. The quantitative estimate of drug-likeness (QED) is 0.681. The fraction of sp³-hybridized carbons (Fsp3) is 0.444. The Kier molecular flexibility index (Phi) is 6.66. The van der Waals surface area contributed by atoms with E-state index in [2.05, 4.69) is 5.32 Å². The first-order valence-corrected chi connectivity index (χ1v) is 8.20. The van der Waals surface area contributed by atoms with Crippen molar-refractivity contribution in [2.45, 2.75) is 32.6 Å². The maximum absolute atomic E-state index is 12.2. The molecule has 0 bridgehead atoms. The maximum Gasteiger partial charge on any atom is 0.330 e. The smallest absolute Gasteiger partial charge is 0.330 e. The highest BCUT2D eigenvalue weighted by atomic mass is 16.5. The summed E-state index contributed by atoms with van der Waals surface area (Å²) in [6, 6.07) is 7.34. The molecular formula is C18H24N2O3. The number of urea groups is 1. The third-order valence-corrected chi connectivity index (χ3v) is 3.75. The topological polar surface area (TPSA) is 58.6 Å². The van der Waals surface area contributed by atoms with Crippen molar-refractivity contribution in [2.24, 2.45) is 0 Å². The zero-order valence-corrected chi connectivity index (χ0v) is 13.6. The van der Waals surface area contributed by atoms with Crippen LogP contribution in [0.3, 0.4) is 0 Å². The van der Waals surface area contributed by atoms with Gasteiger partial charge in [0.15, 0.2) is 0 Å². The van der Waals surface area contributed by atoms with Gasteiger partial charge in [-0.25, -0.2) is 9.59 Å². The molecule has 5 nitrogen and oxygen atoms in total. The molecule has 1 aromatic carbocycles. The number of hydrogen-bond donors (Lipinski definition) is 1. The maximum atomic E-state index is 12.2. The molecule has 1 aliphatic rings. The minimum absolute atomic E-state index is 0.0401. The monoisotopic (exact) mass is 316 g/mol. The van der Waals surface area contributed by atoms with Crippen LogP contribution in [0.4, 0.5) is 10.5 Å². The van der Waals surface area contributed by atoms with Gasteiger partial charge in [0.2, 0.25) is 0 Å². The van der Waals surface area contributed by atoms with Crippen LogP contribution in [-0.4, -0.2) is 36.6 Å². The van der Waals surface area contributed by atoms with E-state index in [4.69, 9.17) is 4.74 Å². The molecule has 1 fully saturated rings. The zero-order chi connectivity index (χ0) is 16.5. The Balaban J connectivity index is 1.89. The van der Waals surface area contributed by atoms with E-state index < -0.39 is 0 Å². The van der Waals surface area contributed by atoms with Crippen molar-refractivity contribution in [2.75, 3.05) is 25.0 Å². The van der Waals surface area contributed by atoms with Gasteiger partial charge >= 0.3 is 12.0 Å². The van der Waals surface area contributed by atoms with Gasteiger partial charge in [-0.1, -0.05) is 25.0 Å². The Morgan fingerprint density at radius 3 is 2.39 bits per heavy atom. The molecule has 0 aromatic heterocycles. The van der Waals surface area contributed by atoms with E-state index in [1.165, 1.54) is 18.9 Å². The van der Waals surface area contributed by atoms with Crippen molar-refractivity contribution in [3.05, 3.63) is 35.9 Å². The molecule has 2 rings (SSSR count). The second-order valence-corrected chi connectivity index (χ2v) is 5.54. The molecular weight excluding hydrogens is 292 g/mol. The molecule has 0 aliphatic carbocycles. The Bertz CT molecular complexity index is 544. The molecule has 1 heterocycles. The summed E-state index contributed by atoms with van der Waals surface area (Å²) in [5.74, 6) is -0.356. The molecule has 1 aliphatic heterocycles. The van der Waals surface area contributed by atoms with Crippen molar-refractivity contribution < 1.29 is 14.3 Å². The van der Waals surface area contributed by atoms with Gasteiger partial charge in [0.25, 0.3) is 0 Å². The number of rotatable bonds is 4. The van der Waals surface area contributed by atoms with E-state index in [9.17, 15) is 9.59 Å². The number of amides is 2. The van der Waals surface area contributed by atoms with Crippen LogP contribution in [0.5, 0.6) is 0 Å². The summed E-state index contributed by atoms with van der Waals surface area (Å²) in [7, 11) is 0. The van der Waals surface area contributed by atoms with Crippen LogP contribution < -0.4 is 5.32 Å². The van der Waals surface area contributed by atoms with Crippen LogP contribution in [0.1, 0.15) is 38.2 Å². The molecule has 0 atom stereocenters. The second kappa shape index (κ2) is 8.98. The van der Waals surface area contributed by atoms with Crippen molar-refractivity contribution in [1.82, 2.24) is 4.90 Å². The number of carbonyl (C=O) groups is 2. The minimum atomic E-state index is -0.356. The molecule has 124 valence electrons. The summed E-state index contributed by atoms with van der Waals surface area (Å²) in [6.45, 7) is 3.79. The van der Waals surface area contributed by atoms with Gasteiger partial charge < -0.3 is 15.0 Å². The third-order valence-electron chi connectivity index (χ3n) is 3.75. The zero-order valence-electron chi connectivity index (χ0n) is 13.6. The van der Waals surface area contributed by atoms with Gasteiger partial charge in [0.1, 0.15) is 0 Å². The minimum Gasteiger partial charge on any atom is -0.463 e. The number of ether oxygens (including phenoxy) is 1. The van der Waals surface area contributed by atoms with Crippen LogP contribution in [0.25, 0.3) is 6.08 Å². The van der Waals surface area contributed by atoms with Crippen LogP contribution in [0.15, 0.2) is 30.3 Å². The summed E-state index contributed by atoms with van der Waals surface area (Å²) in [4.78, 5) is 25.4. The number of benzene rings is 1. The molecule has 0 spiro atoms. The summed E-state index contributed by atoms with van der Waals surface area (Å²) < 4.78 is 4.83. The molecule has 2 amide bonds. The lowest BCUT2D eigenvalue weighted by molar-refractivity contribution is -0.137. The summed E-state index contributed by atoms with van der Waals surface area (Å²) >= 11 is 0. The van der Waals surface area contributed by atoms with Gasteiger partial charge in [-0.05, 0) is 43.5 Å².